The largest absolute Gasteiger partial charge is 0.322 e. The molecule has 0 atom stereocenters. The number of carbonyl (C=O) groups is 2. The van der Waals surface area contributed by atoms with Crippen molar-refractivity contribution in [2.24, 2.45) is 0 Å². The van der Waals surface area contributed by atoms with Gasteiger partial charge >= 0.3 is 0 Å². The molecule has 0 unspecified atom stereocenters. The van der Waals surface area contributed by atoms with Gasteiger partial charge < -0.3 is 10.6 Å². The highest BCUT2D eigenvalue weighted by Crippen LogP contribution is 2.20. The van der Waals surface area contributed by atoms with E-state index >= 15 is 0 Å². The Hall–Kier alpha value is -3.47. The molecular weight excluding hydrogens is 343 g/mol. The summed E-state index contributed by atoms with van der Waals surface area (Å²) in [6.07, 6.45) is 0. The molecule has 4 nitrogen and oxygen atoms in total. The molecule has 2 amide bonds. The number of carbonyl (C=O) groups excluding carboxylic acids is 2. The summed E-state index contributed by atoms with van der Waals surface area (Å²) in [5.41, 5.74) is 3.71. The number of aryl methyl sites for hydroxylation is 2. The lowest BCUT2D eigenvalue weighted by Gasteiger charge is -2.12. The fraction of sp³-hybridized carbons (Fsp3) is 0.0909. The summed E-state index contributed by atoms with van der Waals surface area (Å²) >= 11 is 0. The van der Waals surface area contributed by atoms with Crippen LogP contribution in [0, 0.1) is 19.7 Å². The Balaban J connectivity index is 1.78. The second-order valence-electron chi connectivity index (χ2n) is 6.27. The molecule has 0 saturated carbocycles. The fourth-order valence-electron chi connectivity index (χ4n) is 2.77. The van der Waals surface area contributed by atoms with Gasteiger partial charge in [0.2, 0.25) is 0 Å². The van der Waals surface area contributed by atoms with E-state index < -0.39 is 11.7 Å². The van der Waals surface area contributed by atoms with Crippen LogP contribution in [-0.4, -0.2) is 11.8 Å². The molecule has 136 valence electrons. The fourth-order valence-corrected chi connectivity index (χ4v) is 2.77. The second kappa shape index (κ2) is 7.83. The van der Waals surface area contributed by atoms with Crippen molar-refractivity contribution in [1.29, 1.82) is 0 Å². The summed E-state index contributed by atoms with van der Waals surface area (Å²) in [5.74, 6) is -1.15. The zero-order chi connectivity index (χ0) is 19.4. The van der Waals surface area contributed by atoms with Crippen molar-refractivity contribution in [3.8, 4) is 0 Å². The van der Waals surface area contributed by atoms with Crippen molar-refractivity contribution in [3.63, 3.8) is 0 Å². The third-order valence-electron chi connectivity index (χ3n) is 4.19. The van der Waals surface area contributed by atoms with Crippen molar-refractivity contribution in [2.45, 2.75) is 13.8 Å². The Labute approximate surface area is 157 Å². The number of rotatable bonds is 4. The zero-order valence-electron chi connectivity index (χ0n) is 15.0. The standard InChI is InChI=1S/C22H19FN2O2/c1-14-6-3-7-15(2)20(14)25-22(27)17-9-4-8-16(12-17)21(26)24-19-11-5-10-18(23)13-19/h3-13H,1-2H3,(H,24,26)(H,25,27). The third-order valence-corrected chi connectivity index (χ3v) is 4.19. The maximum Gasteiger partial charge on any atom is 0.255 e. The van der Waals surface area contributed by atoms with Crippen LogP contribution in [0.25, 0.3) is 0 Å². The summed E-state index contributed by atoms with van der Waals surface area (Å²) in [7, 11) is 0. The van der Waals surface area contributed by atoms with Gasteiger partial charge in [0, 0.05) is 22.5 Å². The predicted octanol–water partition coefficient (Wildman–Crippen LogP) is 4.95. The molecule has 0 aliphatic rings. The van der Waals surface area contributed by atoms with Gasteiger partial charge in [0.1, 0.15) is 5.82 Å². The van der Waals surface area contributed by atoms with Gasteiger partial charge in [-0.15, -0.1) is 0 Å². The summed E-state index contributed by atoms with van der Waals surface area (Å²) in [6.45, 7) is 3.84. The van der Waals surface area contributed by atoms with Crippen molar-refractivity contribution in [2.75, 3.05) is 10.6 Å². The van der Waals surface area contributed by atoms with Crippen LogP contribution >= 0.6 is 0 Å². The van der Waals surface area contributed by atoms with E-state index in [9.17, 15) is 14.0 Å². The molecule has 27 heavy (non-hydrogen) atoms. The number of benzene rings is 3. The van der Waals surface area contributed by atoms with Gasteiger partial charge in [-0.3, -0.25) is 9.59 Å². The van der Waals surface area contributed by atoms with Crippen molar-refractivity contribution >= 4 is 23.2 Å². The topological polar surface area (TPSA) is 58.2 Å². The minimum Gasteiger partial charge on any atom is -0.322 e. The molecule has 3 aromatic rings. The zero-order valence-corrected chi connectivity index (χ0v) is 15.0. The van der Waals surface area contributed by atoms with Crippen molar-refractivity contribution < 1.29 is 14.0 Å². The van der Waals surface area contributed by atoms with Crippen LogP contribution < -0.4 is 10.6 Å². The SMILES string of the molecule is Cc1cccc(C)c1NC(=O)c1cccc(C(=O)Nc2cccc(F)c2)c1. The maximum atomic E-state index is 13.3. The maximum absolute atomic E-state index is 13.3. The van der Waals surface area contributed by atoms with E-state index in [1.165, 1.54) is 24.3 Å². The molecule has 2 N–H and O–H groups in total. The second-order valence-corrected chi connectivity index (χ2v) is 6.27. The molecule has 5 heteroatoms. The summed E-state index contributed by atoms with van der Waals surface area (Å²) in [6, 6.07) is 17.8. The molecule has 3 rings (SSSR count). The molecule has 0 aromatic heterocycles. The molecule has 0 fully saturated rings. The Morgan fingerprint density at radius 3 is 1.93 bits per heavy atom. The number of anilines is 2. The van der Waals surface area contributed by atoms with E-state index in [1.807, 2.05) is 32.0 Å². The number of hydrogen-bond donors (Lipinski definition) is 2. The molecule has 0 bridgehead atoms. The highest BCUT2D eigenvalue weighted by molar-refractivity contribution is 6.09. The van der Waals surface area contributed by atoms with Gasteiger partial charge in [0.15, 0.2) is 0 Å². The number of halogens is 1. The first-order chi connectivity index (χ1) is 12.9. The van der Waals surface area contributed by atoms with E-state index in [4.69, 9.17) is 0 Å². The van der Waals surface area contributed by atoms with Gasteiger partial charge in [0.25, 0.3) is 11.8 Å². The number of amides is 2. The van der Waals surface area contributed by atoms with Gasteiger partial charge in [-0.2, -0.15) is 0 Å². The molecule has 0 saturated heterocycles. The minimum atomic E-state index is -0.436. The lowest BCUT2D eigenvalue weighted by Crippen LogP contribution is -2.16. The normalized spacial score (nSPS) is 10.3. The van der Waals surface area contributed by atoms with Crippen LogP contribution in [0.2, 0.25) is 0 Å². The summed E-state index contributed by atoms with van der Waals surface area (Å²) in [5, 5.41) is 5.52. The van der Waals surface area contributed by atoms with E-state index in [1.54, 1.807) is 24.3 Å². The Kier molecular flexibility index (Phi) is 5.31. The van der Waals surface area contributed by atoms with Crippen LogP contribution in [-0.2, 0) is 0 Å². The van der Waals surface area contributed by atoms with Crippen LogP contribution in [0.3, 0.4) is 0 Å². The predicted molar refractivity (Wildman–Crippen MR) is 105 cm³/mol. The average Bonchev–Trinajstić information content (AvgIpc) is 2.65. The smallest absolute Gasteiger partial charge is 0.255 e. The van der Waals surface area contributed by atoms with Crippen LogP contribution in [0.15, 0.2) is 66.7 Å². The first-order valence-corrected chi connectivity index (χ1v) is 8.48. The highest BCUT2D eigenvalue weighted by atomic mass is 19.1. The molecule has 0 heterocycles. The highest BCUT2D eigenvalue weighted by Gasteiger charge is 2.13. The molecule has 3 aromatic carbocycles. The summed E-state index contributed by atoms with van der Waals surface area (Å²) in [4.78, 5) is 25.0. The van der Waals surface area contributed by atoms with Gasteiger partial charge in [-0.1, -0.05) is 30.3 Å². The van der Waals surface area contributed by atoms with Crippen LogP contribution in [0.1, 0.15) is 31.8 Å². The first kappa shape index (κ1) is 18.3. The van der Waals surface area contributed by atoms with Gasteiger partial charge in [0.05, 0.1) is 0 Å². The molecule has 0 spiro atoms. The number of hydrogen-bond acceptors (Lipinski definition) is 2. The summed E-state index contributed by atoms with van der Waals surface area (Å²) < 4.78 is 13.3. The van der Waals surface area contributed by atoms with E-state index in [-0.39, 0.29) is 5.91 Å². The number of nitrogens with one attached hydrogen (secondary N) is 2. The first-order valence-electron chi connectivity index (χ1n) is 8.48. The lowest BCUT2D eigenvalue weighted by atomic mass is 10.1. The minimum absolute atomic E-state index is 0.298. The Bertz CT molecular complexity index is 994. The van der Waals surface area contributed by atoms with Crippen LogP contribution in [0.4, 0.5) is 15.8 Å². The molecule has 0 aliphatic heterocycles. The van der Waals surface area contributed by atoms with E-state index in [0.29, 0.717) is 16.8 Å². The molecule has 0 radical (unpaired) electrons. The molecular formula is C22H19FN2O2. The van der Waals surface area contributed by atoms with Crippen molar-refractivity contribution in [1.82, 2.24) is 0 Å². The van der Waals surface area contributed by atoms with Gasteiger partial charge in [-0.05, 0) is 61.4 Å². The van der Waals surface area contributed by atoms with E-state index in [2.05, 4.69) is 10.6 Å². The Morgan fingerprint density at radius 2 is 1.30 bits per heavy atom. The average molecular weight is 362 g/mol. The number of para-hydroxylation sites is 1. The Morgan fingerprint density at radius 1 is 0.741 bits per heavy atom. The monoisotopic (exact) mass is 362 g/mol. The molecule has 0 aliphatic carbocycles. The quantitative estimate of drug-likeness (QED) is 0.690. The van der Waals surface area contributed by atoms with Crippen molar-refractivity contribution in [3.05, 3.63) is 94.8 Å². The third kappa shape index (κ3) is 4.39. The lowest BCUT2D eigenvalue weighted by molar-refractivity contribution is 0.102. The van der Waals surface area contributed by atoms with Gasteiger partial charge in [-0.25, -0.2) is 4.39 Å². The van der Waals surface area contributed by atoms with E-state index in [0.717, 1.165) is 16.8 Å². The van der Waals surface area contributed by atoms with Crippen LogP contribution in [0.5, 0.6) is 0 Å².